The SMILES string of the molecule is Cc1cc(C(=O)N2CCCC(C(N)=S)C2)ccc1Br. The minimum absolute atomic E-state index is 0.0663. The second kappa shape index (κ2) is 6.01. The molecule has 0 aromatic heterocycles. The molecule has 1 aliphatic rings. The number of hydrogen-bond acceptors (Lipinski definition) is 2. The van der Waals surface area contributed by atoms with Crippen molar-refractivity contribution in [3.05, 3.63) is 33.8 Å². The van der Waals surface area contributed by atoms with E-state index in [9.17, 15) is 4.79 Å². The van der Waals surface area contributed by atoms with Crippen LogP contribution in [0.5, 0.6) is 0 Å². The van der Waals surface area contributed by atoms with E-state index < -0.39 is 0 Å². The van der Waals surface area contributed by atoms with Gasteiger partial charge < -0.3 is 10.6 Å². The van der Waals surface area contributed by atoms with Crippen LogP contribution in [0.3, 0.4) is 0 Å². The van der Waals surface area contributed by atoms with E-state index in [1.54, 1.807) is 0 Å². The van der Waals surface area contributed by atoms with Gasteiger partial charge in [0.05, 0.1) is 4.99 Å². The second-order valence-electron chi connectivity index (χ2n) is 4.96. The number of rotatable bonds is 2. The van der Waals surface area contributed by atoms with Gasteiger partial charge in [0.1, 0.15) is 0 Å². The number of amides is 1. The summed E-state index contributed by atoms with van der Waals surface area (Å²) in [6, 6.07) is 5.68. The van der Waals surface area contributed by atoms with E-state index in [0.717, 1.165) is 35.0 Å². The van der Waals surface area contributed by atoms with Crippen LogP contribution in [-0.2, 0) is 0 Å². The third kappa shape index (κ3) is 3.34. The molecule has 2 N–H and O–H groups in total. The molecule has 1 aromatic rings. The van der Waals surface area contributed by atoms with Crippen molar-refractivity contribution in [2.24, 2.45) is 11.7 Å². The number of thiocarbonyl (C=S) groups is 1. The highest BCUT2D eigenvalue weighted by Crippen LogP contribution is 2.21. The molecule has 0 saturated carbocycles. The number of piperidine rings is 1. The molecule has 5 heteroatoms. The molecule has 0 radical (unpaired) electrons. The molecule has 1 fully saturated rings. The summed E-state index contributed by atoms with van der Waals surface area (Å²) in [5.41, 5.74) is 7.49. The summed E-state index contributed by atoms with van der Waals surface area (Å²) in [5.74, 6) is 0.223. The van der Waals surface area contributed by atoms with Gasteiger partial charge in [-0.15, -0.1) is 0 Å². The summed E-state index contributed by atoms with van der Waals surface area (Å²) >= 11 is 8.49. The van der Waals surface area contributed by atoms with E-state index in [2.05, 4.69) is 15.9 Å². The summed E-state index contributed by atoms with van der Waals surface area (Å²) in [6.45, 7) is 3.41. The van der Waals surface area contributed by atoms with E-state index >= 15 is 0 Å². The number of nitrogens with zero attached hydrogens (tertiary/aromatic N) is 1. The third-order valence-corrected chi connectivity index (χ3v) is 4.74. The maximum atomic E-state index is 12.5. The van der Waals surface area contributed by atoms with Crippen molar-refractivity contribution < 1.29 is 4.79 Å². The molecule has 2 rings (SSSR count). The van der Waals surface area contributed by atoms with Gasteiger partial charge in [-0.25, -0.2) is 0 Å². The van der Waals surface area contributed by atoms with Gasteiger partial charge in [-0.1, -0.05) is 28.1 Å². The highest BCUT2D eigenvalue weighted by molar-refractivity contribution is 9.10. The summed E-state index contributed by atoms with van der Waals surface area (Å²) in [5, 5.41) is 0. The van der Waals surface area contributed by atoms with E-state index in [1.165, 1.54) is 0 Å². The lowest BCUT2D eigenvalue weighted by atomic mass is 9.97. The average molecular weight is 341 g/mol. The first-order chi connectivity index (χ1) is 8.99. The first-order valence-corrected chi connectivity index (χ1v) is 7.54. The van der Waals surface area contributed by atoms with Crippen LogP contribution in [0.15, 0.2) is 22.7 Å². The van der Waals surface area contributed by atoms with Crippen molar-refractivity contribution >= 4 is 39.0 Å². The van der Waals surface area contributed by atoms with Crippen molar-refractivity contribution in [1.82, 2.24) is 4.90 Å². The van der Waals surface area contributed by atoms with Gasteiger partial charge in [-0.2, -0.15) is 0 Å². The lowest BCUT2D eigenvalue weighted by Gasteiger charge is -2.32. The zero-order valence-corrected chi connectivity index (χ0v) is 13.3. The van der Waals surface area contributed by atoms with Crippen molar-refractivity contribution in [3.8, 4) is 0 Å². The number of hydrogen-bond donors (Lipinski definition) is 1. The van der Waals surface area contributed by atoms with Gasteiger partial charge in [0, 0.05) is 29.0 Å². The van der Waals surface area contributed by atoms with Gasteiger partial charge in [0.25, 0.3) is 5.91 Å². The second-order valence-corrected chi connectivity index (χ2v) is 6.28. The Labute approximate surface area is 127 Å². The van der Waals surface area contributed by atoms with Crippen LogP contribution in [0, 0.1) is 12.8 Å². The van der Waals surface area contributed by atoms with Crippen LogP contribution in [-0.4, -0.2) is 28.9 Å². The quantitative estimate of drug-likeness (QED) is 0.842. The molecule has 1 aromatic carbocycles. The lowest BCUT2D eigenvalue weighted by Crippen LogP contribution is -2.43. The van der Waals surface area contributed by atoms with Crippen LogP contribution in [0.4, 0.5) is 0 Å². The monoisotopic (exact) mass is 340 g/mol. The molecule has 3 nitrogen and oxygen atoms in total. The minimum atomic E-state index is 0.0663. The maximum Gasteiger partial charge on any atom is 0.253 e. The summed E-state index contributed by atoms with van der Waals surface area (Å²) in [6.07, 6.45) is 1.95. The van der Waals surface area contributed by atoms with Crippen LogP contribution >= 0.6 is 28.1 Å². The first-order valence-electron chi connectivity index (χ1n) is 6.34. The van der Waals surface area contributed by atoms with Crippen molar-refractivity contribution in [1.29, 1.82) is 0 Å². The molecule has 0 spiro atoms. The van der Waals surface area contributed by atoms with E-state index in [0.29, 0.717) is 11.5 Å². The van der Waals surface area contributed by atoms with E-state index in [-0.39, 0.29) is 11.8 Å². The summed E-state index contributed by atoms with van der Waals surface area (Å²) in [7, 11) is 0. The predicted octanol–water partition coefficient (Wildman–Crippen LogP) is 2.90. The molecule has 1 aliphatic heterocycles. The Morgan fingerprint density at radius 3 is 2.89 bits per heavy atom. The molecular formula is C14H17BrN2OS. The highest BCUT2D eigenvalue weighted by atomic mass is 79.9. The van der Waals surface area contributed by atoms with Crippen LogP contribution in [0.25, 0.3) is 0 Å². The Morgan fingerprint density at radius 1 is 1.53 bits per heavy atom. The van der Waals surface area contributed by atoms with Gasteiger partial charge >= 0.3 is 0 Å². The lowest BCUT2D eigenvalue weighted by molar-refractivity contribution is 0.0703. The van der Waals surface area contributed by atoms with E-state index in [1.807, 2.05) is 30.0 Å². The molecule has 0 aliphatic carbocycles. The molecule has 0 bridgehead atoms. The largest absolute Gasteiger partial charge is 0.393 e. The molecule has 1 heterocycles. The topological polar surface area (TPSA) is 46.3 Å². The number of nitrogens with two attached hydrogens (primary N) is 1. The fraction of sp³-hybridized carbons (Fsp3) is 0.429. The number of halogens is 1. The normalized spacial score (nSPS) is 19.3. The highest BCUT2D eigenvalue weighted by Gasteiger charge is 2.25. The predicted molar refractivity (Wildman–Crippen MR) is 84.3 cm³/mol. The smallest absolute Gasteiger partial charge is 0.253 e. The molecule has 102 valence electrons. The zero-order valence-electron chi connectivity index (χ0n) is 10.9. The van der Waals surface area contributed by atoms with Gasteiger partial charge in [0.2, 0.25) is 0 Å². The van der Waals surface area contributed by atoms with Crippen LogP contribution in [0.1, 0.15) is 28.8 Å². The van der Waals surface area contributed by atoms with Crippen molar-refractivity contribution in [3.63, 3.8) is 0 Å². The molecular weight excluding hydrogens is 324 g/mol. The third-order valence-electron chi connectivity index (χ3n) is 3.52. The Hall–Kier alpha value is -0.940. The van der Waals surface area contributed by atoms with Gasteiger partial charge in [-0.3, -0.25) is 4.79 Å². The Balaban J connectivity index is 2.14. The summed E-state index contributed by atoms with van der Waals surface area (Å²) in [4.78, 5) is 14.8. The molecule has 1 atom stereocenters. The number of benzene rings is 1. The minimum Gasteiger partial charge on any atom is -0.393 e. The Morgan fingerprint density at radius 2 is 2.26 bits per heavy atom. The summed E-state index contributed by atoms with van der Waals surface area (Å²) < 4.78 is 1.02. The fourth-order valence-electron chi connectivity index (χ4n) is 2.35. The number of carbonyl (C=O) groups excluding carboxylic acids is 1. The number of carbonyl (C=O) groups is 1. The Bertz CT molecular complexity index is 518. The van der Waals surface area contributed by atoms with Crippen LogP contribution in [0.2, 0.25) is 0 Å². The Kier molecular flexibility index (Phi) is 4.58. The number of likely N-dealkylation sites (tertiary alicyclic amines) is 1. The van der Waals surface area contributed by atoms with Gasteiger partial charge in [0.15, 0.2) is 0 Å². The molecule has 1 unspecified atom stereocenters. The first kappa shape index (κ1) is 14.5. The molecule has 1 saturated heterocycles. The standard InChI is InChI=1S/C14H17BrN2OS/c1-9-7-10(4-5-12(9)15)14(18)17-6-2-3-11(8-17)13(16)19/h4-5,7,11H,2-3,6,8H2,1H3,(H2,16,19). The van der Waals surface area contributed by atoms with E-state index in [4.69, 9.17) is 18.0 Å². The van der Waals surface area contributed by atoms with Crippen LogP contribution < -0.4 is 5.73 Å². The van der Waals surface area contributed by atoms with Crippen molar-refractivity contribution in [2.45, 2.75) is 19.8 Å². The fourth-order valence-corrected chi connectivity index (χ4v) is 2.79. The van der Waals surface area contributed by atoms with Gasteiger partial charge in [-0.05, 0) is 43.5 Å². The molecule has 1 amide bonds. The average Bonchev–Trinajstić information content (AvgIpc) is 2.41. The zero-order chi connectivity index (χ0) is 14.0. The maximum absolute atomic E-state index is 12.5. The molecule has 19 heavy (non-hydrogen) atoms. The van der Waals surface area contributed by atoms with Crippen molar-refractivity contribution in [2.75, 3.05) is 13.1 Å². The number of aryl methyl sites for hydroxylation is 1.